The predicted octanol–water partition coefficient (Wildman–Crippen LogP) is 4.48. The highest BCUT2D eigenvalue weighted by Crippen LogP contribution is 2.28. The summed E-state index contributed by atoms with van der Waals surface area (Å²) in [4.78, 5) is 28.0. The van der Waals surface area contributed by atoms with Gasteiger partial charge in [-0.05, 0) is 73.0 Å². The van der Waals surface area contributed by atoms with Crippen molar-refractivity contribution >= 4 is 40.6 Å². The van der Waals surface area contributed by atoms with Gasteiger partial charge in [0, 0.05) is 25.2 Å². The number of thiophene rings is 1. The van der Waals surface area contributed by atoms with E-state index in [1.54, 1.807) is 36.4 Å². The Labute approximate surface area is 207 Å². The maximum Gasteiger partial charge on any atom is 0.414 e. The summed E-state index contributed by atoms with van der Waals surface area (Å²) in [7, 11) is 2.11. The van der Waals surface area contributed by atoms with E-state index in [0.717, 1.165) is 42.8 Å². The second kappa shape index (κ2) is 10.9. The van der Waals surface area contributed by atoms with Gasteiger partial charge < -0.3 is 25.4 Å². The van der Waals surface area contributed by atoms with Crippen LogP contribution in [0.15, 0.2) is 54.6 Å². The largest absolute Gasteiger partial charge is 0.508 e. The van der Waals surface area contributed by atoms with Gasteiger partial charge >= 0.3 is 6.09 Å². The molecule has 0 saturated carbocycles. The van der Waals surface area contributed by atoms with E-state index in [9.17, 15) is 14.7 Å². The lowest BCUT2D eigenvalue weighted by atomic mass is 10.0. The number of likely N-dealkylation sites (N-methyl/N-ethyl adjacent to an activating group) is 1. The average molecular weight is 500 g/mol. The molecule has 1 atom stereocenters. The lowest BCUT2D eigenvalue weighted by molar-refractivity contribution is -0.118. The third-order valence-electron chi connectivity index (χ3n) is 5.73. The Bertz CT molecular complexity index is 1170. The zero-order chi connectivity index (χ0) is 24.1. The van der Waals surface area contributed by atoms with Crippen molar-refractivity contribution in [2.24, 2.45) is 0 Å². The maximum atomic E-state index is 13.2. The number of carbonyl (C=O) groups is 2. The molecule has 0 unspecified atom stereocenters. The first-order valence-electron chi connectivity index (χ1n) is 11.0. The van der Waals surface area contributed by atoms with Gasteiger partial charge in [0.2, 0.25) is 5.91 Å². The SMILES string of the molecule is CN1CCc2ccc(NC(=O)[C@@H](Cc3ccc(O)cc3)NC(=O)Oc3ccc(Cl)s3)cc2CC1. The number of phenolic OH excluding ortho intramolecular Hbond substituents is 1. The summed E-state index contributed by atoms with van der Waals surface area (Å²) >= 11 is 7.02. The molecular weight excluding hydrogens is 474 g/mol. The molecule has 0 aliphatic carbocycles. The molecule has 3 aromatic rings. The van der Waals surface area contributed by atoms with E-state index in [1.807, 2.05) is 12.1 Å². The van der Waals surface area contributed by atoms with Gasteiger partial charge in [0.05, 0.1) is 4.34 Å². The number of fused-ring (bicyclic) bond motifs is 1. The molecule has 4 rings (SSSR count). The monoisotopic (exact) mass is 499 g/mol. The number of hydrogen-bond acceptors (Lipinski definition) is 6. The van der Waals surface area contributed by atoms with Crippen LogP contribution in [0.1, 0.15) is 16.7 Å². The molecule has 1 aromatic heterocycles. The molecule has 2 aromatic carbocycles. The molecule has 2 heterocycles. The highest BCUT2D eigenvalue weighted by molar-refractivity contribution is 7.17. The lowest BCUT2D eigenvalue weighted by Crippen LogP contribution is -2.46. The normalized spacial score (nSPS) is 14.5. The fraction of sp³-hybridized carbons (Fsp3) is 0.280. The smallest absolute Gasteiger partial charge is 0.414 e. The number of amides is 2. The number of anilines is 1. The summed E-state index contributed by atoms with van der Waals surface area (Å²) in [5, 5.41) is 15.5. The van der Waals surface area contributed by atoms with Crippen molar-refractivity contribution in [2.75, 3.05) is 25.5 Å². The number of halogens is 1. The maximum absolute atomic E-state index is 13.2. The minimum Gasteiger partial charge on any atom is -0.508 e. The molecular formula is C25H26ClN3O4S. The summed E-state index contributed by atoms with van der Waals surface area (Å²) in [6, 6.07) is 14.8. The Morgan fingerprint density at radius 1 is 1.09 bits per heavy atom. The highest BCUT2D eigenvalue weighted by atomic mass is 35.5. The fourth-order valence-electron chi connectivity index (χ4n) is 3.84. The van der Waals surface area contributed by atoms with Gasteiger partial charge in [0.1, 0.15) is 11.8 Å². The summed E-state index contributed by atoms with van der Waals surface area (Å²) in [5.41, 5.74) is 3.98. The molecule has 0 bridgehead atoms. The van der Waals surface area contributed by atoms with Crippen LogP contribution in [0.3, 0.4) is 0 Å². The summed E-state index contributed by atoms with van der Waals surface area (Å²) in [6.45, 7) is 1.98. The zero-order valence-electron chi connectivity index (χ0n) is 18.7. The van der Waals surface area contributed by atoms with Crippen LogP contribution in [0.4, 0.5) is 10.5 Å². The van der Waals surface area contributed by atoms with E-state index >= 15 is 0 Å². The zero-order valence-corrected chi connectivity index (χ0v) is 20.3. The number of nitrogens with one attached hydrogen (secondary N) is 2. The molecule has 0 saturated heterocycles. The van der Waals surface area contributed by atoms with Crippen LogP contribution in [0.25, 0.3) is 0 Å². The van der Waals surface area contributed by atoms with Crippen LogP contribution < -0.4 is 15.4 Å². The van der Waals surface area contributed by atoms with Gasteiger partial charge in [-0.1, -0.05) is 41.1 Å². The molecule has 3 N–H and O–H groups in total. The first kappa shape index (κ1) is 24.1. The molecule has 0 fully saturated rings. The van der Waals surface area contributed by atoms with Crippen molar-refractivity contribution in [3.05, 3.63) is 75.6 Å². The van der Waals surface area contributed by atoms with Crippen LogP contribution in [0.2, 0.25) is 4.34 Å². The number of rotatable bonds is 6. The minimum atomic E-state index is -0.891. The average Bonchev–Trinajstić information content (AvgIpc) is 3.12. The van der Waals surface area contributed by atoms with Crippen LogP contribution in [0.5, 0.6) is 10.8 Å². The van der Waals surface area contributed by atoms with E-state index in [-0.39, 0.29) is 18.1 Å². The Morgan fingerprint density at radius 2 is 1.82 bits per heavy atom. The van der Waals surface area contributed by atoms with Gasteiger partial charge in [0.25, 0.3) is 0 Å². The van der Waals surface area contributed by atoms with Crippen molar-refractivity contribution in [3.63, 3.8) is 0 Å². The fourth-order valence-corrected chi connectivity index (χ4v) is 4.71. The number of nitrogens with zero attached hydrogens (tertiary/aromatic N) is 1. The molecule has 0 spiro atoms. The summed E-state index contributed by atoms with van der Waals surface area (Å²) < 4.78 is 5.78. The van der Waals surface area contributed by atoms with E-state index in [4.69, 9.17) is 16.3 Å². The van der Waals surface area contributed by atoms with Gasteiger partial charge in [-0.25, -0.2) is 4.79 Å². The molecule has 1 aliphatic heterocycles. The van der Waals surface area contributed by atoms with Crippen LogP contribution in [0, 0.1) is 0 Å². The first-order valence-corrected chi connectivity index (χ1v) is 12.2. The van der Waals surface area contributed by atoms with E-state index in [1.165, 1.54) is 11.1 Å². The number of aromatic hydroxyl groups is 1. The van der Waals surface area contributed by atoms with Crippen LogP contribution in [-0.4, -0.2) is 48.2 Å². The quantitative estimate of drug-likeness (QED) is 0.465. The molecule has 178 valence electrons. The van der Waals surface area contributed by atoms with Crippen molar-refractivity contribution in [1.29, 1.82) is 0 Å². The molecule has 34 heavy (non-hydrogen) atoms. The van der Waals surface area contributed by atoms with E-state index < -0.39 is 12.1 Å². The molecule has 2 amide bonds. The van der Waals surface area contributed by atoms with Crippen LogP contribution >= 0.6 is 22.9 Å². The molecule has 0 radical (unpaired) electrons. The lowest BCUT2D eigenvalue weighted by Gasteiger charge is -2.19. The van der Waals surface area contributed by atoms with Gasteiger partial charge in [-0.3, -0.25) is 4.79 Å². The number of ether oxygens (including phenoxy) is 1. The second-order valence-corrected chi connectivity index (χ2v) is 9.97. The number of hydrogen-bond donors (Lipinski definition) is 3. The van der Waals surface area contributed by atoms with Crippen molar-refractivity contribution < 1.29 is 19.4 Å². The highest BCUT2D eigenvalue weighted by Gasteiger charge is 2.23. The number of carbonyl (C=O) groups excluding carboxylic acids is 2. The Morgan fingerprint density at radius 3 is 2.53 bits per heavy atom. The topological polar surface area (TPSA) is 90.9 Å². The number of phenols is 1. The second-order valence-electron chi connectivity index (χ2n) is 8.29. The summed E-state index contributed by atoms with van der Waals surface area (Å²) in [5.74, 6) is -0.234. The van der Waals surface area contributed by atoms with Crippen LogP contribution in [-0.2, 0) is 24.1 Å². The molecule has 9 heteroatoms. The third-order valence-corrected chi connectivity index (χ3v) is 6.84. The van der Waals surface area contributed by atoms with Crippen molar-refractivity contribution in [3.8, 4) is 10.8 Å². The Hall–Kier alpha value is -3.07. The molecule has 1 aliphatic rings. The van der Waals surface area contributed by atoms with Gasteiger partial charge in [-0.2, -0.15) is 0 Å². The van der Waals surface area contributed by atoms with Gasteiger partial charge in [0.15, 0.2) is 5.06 Å². The first-order chi connectivity index (χ1) is 16.4. The van der Waals surface area contributed by atoms with E-state index in [0.29, 0.717) is 15.1 Å². The molecule has 7 nitrogen and oxygen atoms in total. The van der Waals surface area contributed by atoms with Crippen molar-refractivity contribution in [2.45, 2.75) is 25.3 Å². The number of benzene rings is 2. The predicted molar refractivity (Wildman–Crippen MR) is 134 cm³/mol. The van der Waals surface area contributed by atoms with Crippen molar-refractivity contribution in [1.82, 2.24) is 10.2 Å². The minimum absolute atomic E-state index is 0.127. The Kier molecular flexibility index (Phi) is 7.72. The third kappa shape index (κ3) is 6.50. The summed E-state index contributed by atoms with van der Waals surface area (Å²) in [6.07, 6.45) is 1.37. The van der Waals surface area contributed by atoms with E-state index in [2.05, 4.69) is 28.6 Å². The Balaban J connectivity index is 1.48. The standard InChI is InChI=1S/C25H26ClN3O4S/c1-29-12-10-17-4-5-19(15-18(17)11-13-29)27-24(31)21(14-16-2-6-20(30)7-3-16)28-25(32)33-23-9-8-22(26)34-23/h2-9,15,21,30H,10-14H2,1H3,(H,27,31)(H,28,32)/t21-/m1/s1. The van der Waals surface area contributed by atoms with Gasteiger partial charge in [-0.15, -0.1) is 0 Å².